The Morgan fingerprint density at radius 1 is 1.00 bits per heavy atom. The van der Waals surface area contributed by atoms with E-state index < -0.39 is 0 Å². The summed E-state index contributed by atoms with van der Waals surface area (Å²) in [6.45, 7) is 4.31. The summed E-state index contributed by atoms with van der Waals surface area (Å²) in [5, 5.41) is 0.494. The van der Waals surface area contributed by atoms with Gasteiger partial charge in [0.05, 0.1) is 11.2 Å². The van der Waals surface area contributed by atoms with E-state index in [-0.39, 0.29) is 11.7 Å². The Labute approximate surface area is 167 Å². The van der Waals surface area contributed by atoms with Gasteiger partial charge in [0, 0.05) is 5.56 Å². The van der Waals surface area contributed by atoms with Crippen LogP contribution >= 0.6 is 11.3 Å². The molecule has 4 rings (SSSR count). The third kappa shape index (κ3) is 3.66. The highest BCUT2D eigenvalue weighted by atomic mass is 32.1. The van der Waals surface area contributed by atoms with Gasteiger partial charge in [-0.2, -0.15) is 0 Å². The third-order valence-electron chi connectivity index (χ3n) is 4.49. The number of carbonyl (C=O) groups is 1. The number of hydrogen-bond donors (Lipinski definition) is 0. The SMILES string of the molecule is Cc1cc(C)cc(C(=O)N(Cc2ccccc2)c2nc3c(F)cccc3s2)c1. The second-order valence-corrected chi connectivity index (χ2v) is 7.85. The summed E-state index contributed by atoms with van der Waals surface area (Å²) < 4.78 is 14.9. The van der Waals surface area contributed by atoms with Gasteiger partial charge in [0.1, 0.15) is 11.3 Å². The second kappa shape index (κ2) is 7.52. The van der Waals surface area contributed by atoms with Crippen molar-refractivity contribution in [2.45, 2.75) is 20.4 Å². The minimum absolute atomic E-state index is 0.143. The lowest BCUT2D eigenvalue weighted by Gasteiger charge is -2.20. The monoisotopic (exact) mass is 390 g/mol. The number of halogens is 1. The number of amides is 1. The molecule has 0 unspecified atom stereocenters. The molecule has 28 heavy (non-hydrogen) atoms. The Kier molecular flexibility index (Phi) is 4.92. The molecule has 4 aromatic rings. The van der Waals surface area contributed by atoms with Gasteiger partial charge in [-0.05, 0) is 43.7 Å². The molecule has 0 N–H and O–H groups in total. The molecular formula is C23H19FN2OS. The maximum absolute atomic E-state index is 14.2. The van der Waals surface area contributed by atoms with Crippen LogP contribution in [-0.2, 0) is 6.54 Å². The van der Waals surface area contributed by atoms with Crippen LogP contribution < -0.4 is 4.90 Å². The zero-order chi connectivity index (χ0) is 19.7. The molecule has 0 saturated heterocycles. The highest BCUT2D eigenvalue weighted by molar-refractivity contribution is 7.22. The summed E-state index contributed by atoms with van der Waals surface area (Å²) in [4.78, 5) is 19.5. The predicted molar refractivity (Wildman–Crippen MR) is 112 cm³/mol. The standard InChI is InChI=1S/C23H19FN2OS/c1-15-11-16(2)13-18(12-15)22(27)26(14-17-7-4-3-5-8-17)23-25-21-19(24)9-6-10-20(21)28-23/h3-13H,14H2,1-2H3. The average molecular weight is 390 g/mol. The van der Waals surface area contributed by atoms with Gasteiger partial charge in [-0.15, -0.1) is 0 Å². The van der Waals surface area contributed by atoms with Crippen LogP contribution in [-0.4, -0.2) is 10.9 Å². The molecule has 0 saturated carbocycles. The molecule has 0 spiro atoms. The van der Waals surface area contributed by atoms with E-state index in [4.69, 9.17) is 0 Å². The van der Waals surface area contributed by atoms with E-state index in [1.54, 1.807) is 11.0 Å². The van der Waals surface area contributed by atoms with Gasteiger partial charge in [0.25, 0.3) is 5.91 Å². The fraction of sp³-hybridized carbons (Fsp3) is 0.130. The van der Waals surface area contributed by atoms with E-state index in [0.717, 1.165) is 21.4 Å². The van der Waals surface area contributed by atoms with Crippen LogP contribution in [0.15, 0.2) is 66.7 Å². The van der Waals surface area contributed by atoms with Crippen LogP contribution in [0, 0.1) is 19.7 Å². The van der Waals surface area contributed by atoms with Gasteiger partial charge in [0.15, 0.2) is 5.13 Å². The van der Waals surface area contributed by atoms with E-state index in [1.807, 2.05) is 68.4 Å². The van der Waals surface area contributed by atoms with Gasteiger partial charge in [-0.3, -0.25) is 9.69 Å². The highest BCUT2D eigenvalue weighted by Gasteiger charge is 2.23. The first-order chi connectivity index (χ1) is 13.5. The van der Waals surface area contributed by atoms with Crippen molar-refractivity contribution < 1.29 is 9.18 Å². The number of fused-ring (bicyclic) bond motifs is 1. The first-order valence-corrected chi connectivity index (χ1v) is 9.82. The maximum atomic E-state index is 14.2. The zero-order valence-electron chi connectivity index (χ0n) is 15.6. The van der Waals surface area contributed by atoms with Crippen LogP contribution in [0.25, 0.3) is 10.2 Å². The van der Waals surface area contributed by atoms with E-state index >= 15 is 0 Å². The molecule has 0 bridgehead atoms. The molecule has 1 aromatic heterocycles. The first-order valence-electron chi connectivity index (χ1n) is 9.00. The molecule has 3 nitrogen and oxygen atoms in total. The highest BCUT2D eigenvalue weighted by Crippen LogP contribution is 2.32. The van der Waals surface area contributed by atoms with Crippen molar-refractivity contribution in [3.8, 4) is 0 Å². The Balaban J connectivity index is 1.80. The van der Waals surface area contributed by atoms with Crippen molar-refractivity contribution in [2.24, 2.45) is 0 Å². The number of anilines is 1. The topological polar surface area (TPSA) is 33.2 Å². The summed E-state index contributed by atoms with van der Waals surface area (Å²) in [6.07, 6.45) is 0. The van der Waals surface area contributed by atoms with Crippen LogP contribution in [0.2, 0.25) is 0 Å². The number of rotatable bonds is 4. The predicted octanol–water partition coefficient (Wildman–Crippen LogP) is 5.90. The molecular weight excluding hydrogens is 371 g/mol. The first kappa shape index (κ1) is 18.3. The number of aromatic nitrogens is 1. The van der Waals surface area contributed by atoms with Gasteiger partial charge in [-0.25, -0.2) is 9.37 Å². The summed E-state index contributed by atoms with van der Waals surface area (Å²) in [5.41, 5.74) is 3.94. The molecule has 1 heterocycles. The molecule has 140 valence electrons. The van der Waals surface area contributed by atoms with Gasteiger partial charge in [0.2, 0.25) is 0 Å². The molecule has 0 radical (unpaired) electrons. The van der Waals surface area contributed by atoms with Crippen LogP contribution in [0.3, 0.4) is 0 Å². The Bertz CT molecular complexity index is 1130. The molecule has 0 fully saturated rings. The number of hydrogen-bond acceptors (Lipinski definition) is 3. The summed E-state index contributed by atoms with van der Waals surface area (Å²) in [5.74, 6) is -0.520. The Morgan fingerprint density at radius 2 is 1.71 bits per heavy atom. The number of aryl methyl sites for hydroxylation is 2. The lowest BCUT2D eigenvalue weighted by atomic mass is 10.1. The van der Waals surface area contributed by atoms with E-state index in [0.29, 0.717) is 22.8 Å². The molecule has 3 aromatic carbocycles. The second-order valence-electron chi connectivity index (χ2n) is 6.84. The van der Waals surface area contributed by atoms with Crippen molar-refractivity contribution in [2.75, 3.05) is 4.90 Å². The summed E-state index contributed by atoms with van der Waals surface area (Å²) in [7, 11) is 0. The van der Waals surface area contributed by atoms with Crippen molar-refractivity contribution in [3.05, 3.63) is 94.8 Å². The van der Waals surface area contributed by atoms with Crippen molar-refractivity contribution >= 4 is 32.6 Å². The quantitative estimate of drug-likeness (QED) is 0.435. The number of carbonyl (C=O) groups excluding carboxylic acids is 1. The molecule has 0 aliphatic heterocycles. The molecule has 0 aliphatic rings. The normalized spacial score (nSPS) is 11.0. The number of benzene rings is 3. The molecule has 0 atom stereocenters. The molecule has 0 aliphatic carbocycles. The largest absolute Gasteiger partial charge is 0.279 e. The van der Waals surface area contributed by atoms with Crippen LogP contribution in [0.4, 0.5) is 9.52 Å². The fourth-order valence-electron chi connectivity index (χ4n) is 3.26. The van der Waals surface area contributed by atoms with Gasteiger partial charge < -0.3 is 0 Å². The Morgan fingerprint density at radius 3 is 2.39 bits per heavy atom. The molecule has 1 amide bonds. The number of nitrogens with zero attached hydrogens (tertiary/aromatic N) is 2. The van der Waals surface area contributed by atoms with Crippen molar-refractivity contribution in [1.29, 1.82) is 0 Å². The smallest absolute Gasteiger partial charge is 0.260 e. The Hall–Kier alpha value is -3.05. The van der Waals surface area contributed by atoms with Crippen molar-refractivity contribution in [1.82, 2.24) is 4.98 Å². The fourth-order valence-corrected chi connectivity index (χ4v) is 4.24. The van der Waals surface area contributed by atoms with E-state index in [9.17, 15) is 9.18 Å². The number of para-hydroxylation sites is 1. The zero-order valence-corrected chi connectivity index (χ0v) is 16.5. The third-order valence-corrected chi connectivity index (χ3v) is 5.53. The lowest BCUT2D eigenvalue weighted by Crippen LogP contribution is -2.30. The van der Waals surface area contributed by atoms with E-state index in [1.165, 1.54) is 17.4 Å². The minimum Gasteiger partial charge on any atom is -0.279 e. The summed E-state index contributed by atoms with van der Waals surface area (Å²) in [6, 6.07) is 20.4. The van der Waals surface area contributed by atoms with Crippen LogP contribution in [0.5, 0.6) is 0 Å². The maximum Gasteiger partial charge on any atom is 0.260 e. The van der Waals surface area contributed by atoms with Crippen LogP contribution in [0.1, 0.15) is 27.0 Å². The average Bonchev–Trinajstić information content (AvgIpc) is 3.11. The number of thiazole rings is 1. The van der Waals surface area contributed by atoms with Gasteiger partial charge >= 0.3 is 0 Å². The van der Waals surface area contributed by atoms with E-state index in [2.05, 4.69) is 4.98 Å². The van der Waals surface area contributed by atoms with Gasteiger partial charge in [-0.1, -0.05) is 64.9 Å². The van der Waals surface area contributed by atoms with Crippen molar-refractivity contribution in [3.63, 3.8) is 0 Å². The summed E-state index contributed by atoms with van der Waals surface area (Å²) >= 11 is 1.32. The minimum atomic E-state index is -0.376. The lowest BCUT2D eigenvalue weighted by molar-refractivity contribution is 0.0985. The molecule has 5 heteroatoms.